The molecule has 1 saturated heterocycles. The van der Waals surface area contributed by atoms with Crippen molar-refractivity contribution in [2.24, 2.45) is 0 Å². The van der Waals surface area contributed by atoms with Gasteiger partial charge in [0.25, 0.3) is 5.91 Å². The number of amides is 1. The number of aromatic nitrogens is 1. The zero-order valence-electron chi connectivity index (χ0n) is 12.9. The maximum Gasteiger partial charge on any atom is 0.263 e. The number of rotatable bonds is 2. The van der Waals surface area contributed by atoms with Gasteiger partial charge in [0.05, 0.1) is 4.88 Å². The van der Waals surface area contributed by atoms with Crippen LogP contribution in [-0.4, -0.2) is 28.9 Å². The molecule has 22 heavy (non-hydrogen) atoms. The fourth-order valence-electron chi connectivity index (χ4n) is 3.02. The lowest BCUT2D eigenvalue weighted by Gasteiger charge is -2.31. The van der Waals surface area contributed by atoms with Gasteiger partial charge in [0.1, 0.15) is 0 Å². The molecule has 0 spiro atoms. The van der Waals surface area contributed by atoms with E-state index < -0.39 is 0 Å². The van der Waals surface area contributed by atoms with Crippen LogP contribution in [0.15, 0.2) is 28.4 Å². The third kappa shape index (κ3) is 3.14. The first-order valence-electron chi connectivity index (χ1n) is 7.58. The summed E-state index contributed by atoms with van der Waals surface area (Å²) >= 11 is 1.51. The van der Waals surface area contributed by atoms with Crippen molar-refractivity contribution in [2.45, 2.75) is 32.6 Å². The fraction of sp³-hybridized carbons (Fsp3) is 0.412. The minimum absolute atomic E-state index is 0.0545. The number of aryl methyl sites for hydroxylation is 2. The smallest absolute Gasteiger partial charge is 0.263 e. The zero-order chi connectivity index (χ0) is 15.7. The monoisotopic (exact) mass is 316 g/mol. The van der Waals surface area contributed by atoms with Crippen LogP contribution in [0.4, 0.5) is 0 Å². The summed E-state index contributed by atoms with van der Waals surface area (Å²) in [4.78, 5) is 30.1. The van der Waals surface area contributed by atoms with Gasteiger partial charge in [0, 0.05) is 42.5 Å². The first kappa shape index (κ1) is 15.0. The number of thiophene rings is 1. The molecule has 1 N–H and O–H groups in total. The minimum Gasteiger partial charge on any atom is -0.362 e. The molecule has 3 rings (SSSR count). The molecule has 2 aromatic heterocycles. The minimum atomic E-state index is 0.0545. The van der Waals surface area contributed by atoms with Gasteiger partial charge >= 0.3 is 0 Å². The molecule has 0 saturated carbocycles. The zero-order valence-corrected chi connectivity index (χ0v) is 13.7. The number of nitrogens with one attached hydrogen (secondary N) is 1. The molecule has 0 bridgehead atoms. The lowest BCUT2D eigenvalue weighted by molar-refractivity contribution is 0.0717. The Morgan fingerprint density at radius 3 is 2.55 bits per heavy atom. The third-order valence-electron chi connectivity index (χ3n) is 4.16. The van der Waals surface area contributed by atoms with E-state index in [1.807, 2.05) is 30.2 Å². The Balaban J connectivity index is 1.67. The molecular weight excluding hydrogens is 296 g/mol. The molecule has 0 radical (unpaired) electrons. The van der Waals surface area contributed by atoms with Crippen molar-refractivity contribution in [3.63, 3.8) is 0 Å². The van der Waals surface area contributed by atoms with Crippen LogP contribution in [0.5, 0.6) is 0 Å². The molecule has 116 valence electrons. The largest absolute Gasteiger partial charge is 0.362 e. The Kier molecular flexibility index (Phi) is 4.16. The van der Waals surface area contributed by atoms with Gasteiger partial charge in [-0.3, -0.25) is 9.59 Å². The van der Waals surface area contributed by atoms with Gasteiger partial charge in [-0.2, -0.15) is 0 Å². The van der Waals surface area contributed by atoms with Crippen LogP contribution in [0.2, 0.25) is 0 Å². The topological polar surface area (TPSA) is 53.2 Å². The van der Waals surface area contributed by atoms with Crippen LogP contribution < -0.4 is 5.43 Å². The predicted molar refractivity (Wildman–Crippen MR) is 88.7 cm³/mol. The number of aromatic amines is 1. The van der Waals surface area contributed by atoms with E-state index in [-0.39, 0.29) is 11.3 Å². The van der Waals surface area contributed by atoms with E-state index in [0.29, 0.717) is 5.92 Å². The number of piperidine rings is 1. The molecule has 1 aliphatic heterocycles. The van der Waals surface area contributed by atoms with E-state index in [1.165, 1.54) is 11.3 Å². The number of nitrogens with zero attached hydrogens (tertiary/aromatic N) is 1. The van der Waals surface area contributed by atoms with Crippen LogP contribution >= 0.6 is 11.3 Å². The second-order valence-electron chi connectivity index (χ2n) is 6.01. The van der Waals surface area contributed by atoms with E-state index in [4.69, 9.17) is 0 Å². The second-order valence-corrected chi connectivity index (χ2v) is 6.92. The quantitative estimate of drug-likeness (QED) is 0.925. The lowest BCUT2D eigenvalue weighted by atomic mass is 9.92. The highest BCUT2D eigenvalue weighted by Gasteiger charge is 2.25. The Morgan fingerprint density at radius 2 is 1.95 bits per heavy atom. The summed E-state index contributed by atoms with van der Waals surface area (Å²) in [5, 5.41) is 2.01. The molecule has 4 nitrogen and oxygen atoms in total. The van der Waals surface area contributed by atoms with Crippen molar-refractivity contribution in [3.05, 3.63) is 55.6 Å². The molecule has 0 atom stereocenters. The summed E-state index contributed by atoms with van der Waals surface area (Å²) in [5.41, 5.74) is 3.10. The summed E-state index contributed by atoms with van der Waals surface area (Å²) in [6, 6.07) is 5.26. The van der Waals surface area contributed by atoms with Crippen LogP contribution in [-0.2, 0) is 0 Å². The van der Waals surface area contributed by atoms with Gasteiger partial charge in [-0.15, -0.1) is 11.3 Å². The molecular formula is C17H20N2O2S. The summed E-state index contributed by atoms with van der Waals surface area (Å²) in [5.74, 6) is 0.469. The molecule has 1 fully saturated rings. The molecule has 0 aromatic carbocycles. The highest BCUT2D eigenvalue weighted by Crippen LogP contribution is 2.27. The number of carbonyl (C=O) groups is 1. The molecule has 2 aromatic rings. The maximum absolute atomic E-state index is 12.4. The van der Waals surface area contributed by atoms with Crippen LogP contribution in [0.25, 0.3) is 0 Å². The maximum atomic E-state index is 12.4. The highest BCUT2D eigenvalue weighted by atomic mass is 32.1. The van der Waals surface area contributed by atoms with Gasteiger partial charge in [0.15, 0.2) is 5.43 Å². The molecule has 3 heterocycles. The van der Waals surface area contributed by atoms with Crippen molar-refractivity contribution >= 4 is 17.2 Å². The van der Waals surface area contributed by atoms with Crippen LogP contribution in [0, 0.1) is 13.8 Å². The number of hydrogen-bond donors (Lipinski definition) is 1. The predicted octanol–water partition coefficient (Wildman–Crippen LogP) is 3.07. The Labute approximate surface area is 133 Å². The van der Waals surface area contributed by atoms with Crippen molar-refractivity contribution < 1.29 is 4.79 Å². The molecule has 5 heteroatoms. The molecule has 1 amide bonds. The molecule has 1 aliphatic rings. The van der Waals surface area contributed by atoms with Gasteiger partial charge in [-0.05, 0) is 43.7 Å². The fourth-order valence-corrected chi connectivity index (χ4v) is 3.89. The van der Waals surface area contributed by atoms with Crippen LogP contribution in [0.3, 0.4) is 0 Å². The van der Waals surface area contributed by atoms with Crippen molar-refractivity contribution in [1.29, 1.82) is 0 Å². The van der Waals surface area contributed by atoms with E-state index in [0.717, 1.165) is 47.8 Å². The first-order valence-corrected chi connectivity index (χ1v) is 8.46. The Bertz CT molecular complexity index is 739. The van der Waals surface area contributed by atoms with E-state index in [2.05, 4.69) is 4.98 Å². The average molecular weight is 316 g/mol. The van der Waals surface area contributed by atoms with E-state index in [1.54, 1.807) is 12.1 Å². The second kappa shape index (κ2) is 6.08. The van der Waals surface area contributed by atoms with Crippen molar-refractivity contribution in [1.82, 2.24) is 9.88 Å². The Hall–Kier alpha value is -1.88. The summed E-state index contributed by atoms with van der Waals surface area (Å²) in [7, 11) is 0. The third-order valence-corrected chi connectivity index (χ3v) is 5.20. The average Bonchev–Trinajstić information content (AvgIpc) is 2.92. The normalized spacial score (nSPS) is 16.0. The van der Waals surface area contributed by atoms with Gasteiger partial charge < -0.3 is 9.88 Å². The van der Waals surface area contributed by atoms with E-state index >= 15 is 0 Å². The van der Waals surface area contributed by atoms with Crippen LogP contribution in [0.1, 0.15) is 45.4 Å². The molecule has 0 aliphatic carbocycles. The lowest BCUT2D eigenvalue weighted by Crippen LogP contribution is -2.37. The van der Waals surface area contributed by atoms with E-state index in [9.17, 15) is 9.59 Å². The van der Waals surface area contributed by atoms with Crippen molar-refractivity contribution in [3.8, 4) is 0 Å². The number of pyridine rings is 1. The summed E-state index contributed by atoms with van der Waals surface area (Å²) < 4.78 is 0. The SMILES string of the molecule is Cc1csc(C(=O)N2CCC(c3cc(=O)cc(C)[nH]3)CC2)c1. The molecule has 0 unspecified atom stereocenters. The number of carbonyl (C=O) groups excluding carboxylic acids is 1. The summed E-state index contributed by atoms with van der Waals surface area (Å²) in [6.45, 7) is 5.41. The Morgan fingerprint density at radius 1 is 1.23 bits per heavy atom. The highest BCUT2D eigenvalue weighted by molar-refractivity contribution is 7.12. The number of hydrogen-bond acceptors (Lipinski definition) is 3. The van der Waals surface area contributed by atoms with Crippen molar-refractivity contribution in [2.75, 3.05) is 13.1 Å². The number of H-pyrrole nitrogens is 1. The first-order chi connectivity index (χ1) is 10.5. The van der Waals surface area contributed by atoms with Gasteiger partial charge in [-0.25, -0.2) is 0 Å². The summed E-state index contributed by atoms with van der Waals surface area (Å²) in [6.07, 6.45) is 1.80. The van der Waals surface area contributed by atoms with Gasteiger partial charge in [-0.1, -0.05) is 0 Å². The van der Waals surface area contributed by atoms with Gasteiger partial charge in [0.2, 0.25) is 0 Å². The number of likely N-dealkylation sites (tertiary alicyclic amines) is 1. The standard InChI is InChI=1S/C17H20N2O2S/c1-11-7-16(22-10-11)17(21)19-5-3-13(4-6-19)15-9-14(20)8-12(2)18-15/h7-10,13H,3-6H2,1-2H3,(H,18,20).